The summed E-state index contributed by atoms with van der Waals surface area (Å²) in [5.74, 6) is -0.222. The molecule has 7 nitrogen and oxygen atoms in total. The molecule has 0 bridgehead atoms. The van der Waals surface area contributed by atoms with Gasteiger partial charge in [0, 0.05) is 17.0 Å². The van der Waals surface area contributed by atoms with Gasteiger partial charge in [-0.05, 0) is 62.1 Å². The van der Waals surface area contributed by atoms with Crippen molar-refractivity contribution in [3.8, 4) is 11.8 Å². The molecule has 170 valence electrons. The number of ether oxygens (including phenoxy) is 1. The maximum Gasteiger partial charge on any atom is 0.224 e. The second-order valence-electron chi connectivity index (χ2n) is 7.77. The number of pyridine rings is 1. The molecule has 0 saturated heterocycles. The lowest BCUT2D eigenvalue weighted by atomic mass is 9.80. The molecule has 1 aromatic carbocycles. The minimum atomic E-state index is -3.53. The SMILES string of the molecule is CC(Oc1cccnc1)Sc1ccc(S(=O)(=O)CC2CCCCC2C(=O)NCC#N)cc1. The predicted octanol–water partition coefficient (Wildman–Crippen LogP) is 3.82. The molecule has 3 unspecified atom stereocenters. The van der Waals surface area contributed by atoms with Crippen LogP contribution in [-0.2, 0) is 14.6 Å². The summed E-state index contributed by atoms with van der Waals surface area (Å²) in [6.45, 7) is 1.86. The van der Waals surface area contributed by atoms with Gasteiger partial charge < -0.3 is 10.1 Å². The fraction of sp³-hybridized carbons (Fsp3) is 0.435. The number of benzene rings is 1. The van der Waals surface area contributed by atoms with Crippen molar-refractivity contribution in [3.05, 3.63) is 48.8 Å². The van der Waals surface area contributed by atoms with E-state index >= 15 is 0 Å². The van der Waals surface area contributed by atoms with Gasteiger partial charge in [-0.3, -0.25) is 9.78 Å². The van der Waals surface area contributed by atoms with Gasteiger partial charge in [0.05, 0.1) is 22.9 Å². The highest BCUT2D eigenvalue weighted by Crippen LogP contribution is 2.33. The normalized spacial score (nSPS) is 19.5. The zero-order valence-corrected chi connectivity index (χ0v) is 19.6. The summed E-state index contributed by atoms with van der Waals surface area (Å²) in [5.41, 5.74) is -0.170. The van der Waals surface area contributed by atoms with Crippen molar-refractivity contribution in [2.45, 2.75) is 47.8 Å². The molecular weight excluding hydrogens is 446 g/mol. The molecule has 3 rings (SSSR count). The van der Waals surface area contributed by atoms with Gasteiger partial charge in [0.1, 0.15) is 17.7 Å². The predicted molar refractivity (Wildman–Crippen MR) is 123 cm³/mol. The maximum absolute atomic E-state index is 13.0. The average Bonchev–Trinajstić information content (AvgIpc) is 2.78. The van der Waals surface area contributed by atoms with Crippen LogP contribution in [-0.4, -0.2) is 37.0 Å². The molecule has 1 saturated carbocycles. The number of carbonyl (C=O) groups is 1. The summed E-state index contributed by atoms with van der Waals surface area (Å²) in [5, 5.41) is 11.3. The van der Waals surface area contributed by atoms with Gasteiger partial charge in [-0.2, -0.15) is 5.26 Å². The van der Waals surface area contributed by atoms with Crippen LogP contribution in [0.1, 0.15) is 32.6 Å². The van der Waals surface area contributed by atoms with E-state index in [0.29, 0.717) is 18.6 Å². The molecule has 1 amide bonds. The van der Waals surface area contributed by atoms with Gasteiger partial charge in [0.25, 0.3) is 0 Å². The molecule has 1 aliphatic rings. The van der Waals surface area contributed by atoms with Crippen LogP contribution in [0.5, 0.6) is 5.75 Å². The number of nitriles is 1. The lowest BCUT2D eigenvalue weighted by molar-refractivity contribution is -0.127. The highest BCUT2D eigenvalue weighted by atomic mass is 32.2. The van der Waals surface area contributed by atoms with E-state index in [4.69, 9.17) is 10.00 Å². The lowest BCUT2D eigenvalue weighted by Gasteiger charge is -2.30. The number of aromatic nitrogens is 1. The van der Waals surface area contributed by atoms with E-state index in [0.717, 1.165) is 17.7 Å². The third-order valence-electron chi connectivity index (χ3n) is 5.44. The molecule has 1 fully saturated rings. The van der Waals surface area contributed by atoms with Crippen LogP contribution in [0.3, 0.4) is 0 Å². The van der Waals surface area contributed by atoms with Crippen molar-refractivity contribution in [2.24, 2.45) is 11.8 Å². The first-order valence-electron chi connectivity index (χ1n) is 10.6. The maximum atomic E-state index is 13.0. The average molecular weight is 474 g/mol. The third-order valence-corrected chi connectivity index (χ3v) is 8.27. The second kappa shape index (κ2) is 11.3. The molecule has 3 atom stereocenters. The fourth-order valence-corrected chi connectivity index (χ4v) is 6.48. The Bertz CT molecular complexity index is 1040. The largest absolute Gasteiger partial charge is 0.478 e. The Hall–Kier alpha value is -2.57. The number of nitrogens with zero attached hydrogens (tertiary/aromatic N) is 2. The molecule has 1 aliphatic carbocycles. The Balaban J connectivity index is 1.62. The van der Waals surface area contributed by atoms with E-state index in [2.05, 4.69) is 10.3 Å². The van der Waals surface area contributed by atoms with E-state index in [1.54, 1.807) is 42.7 Å². The molecule has 1 N–H and O–H groups in total. The first-order chi connectivity index (χ1) is 15.4. The molecule has 1 aromatic heterocycles. The molecule has 9 heteroatoms. The molecular formula is C23H27N3O4S2. The molecule has 2 aromatic rings. The first-order valence-corrected chi connectivity index (χ1v) is 13.1. The molecule has 0 spiro atoms. The van der Waals surface area contributed by atoms with Crippen LogP contribution >= 0.6 is 11.8 Å². The number of sulfone groups is 1. The summed E-state index contributed by atoms with van der Waals surface area (Å²) in [7, 11) is -3.53. The van der Waals surface area contributed by atoms with Crippen molar-refractivity contribution in [1.29, 1.82) is 5.26 Å². The zero-order valence-electron chi connectivity index (χ0n) is 17.9. The van der Waals surface area contributed by atoms with Crippen molar-refractivity contribution in [2.75, 3.05) is 12.3 Å². The first kappa shape index (κ1) is 24.1. The van der Waals surface area contributed by atoms with Gasteiger partial charge >= 0.3 is 0 Å². The smallest absolute Gasteiger partial charge is 0.224 e. The number of hydrogen-bond donors (Lipinski definition) is 1. The van der Waals surface area contributed by atoms with E-state index in [1.807, 2.05) is 19.1 Å². The number of carbonyl (C=O) groups excluding carboxylic acids is 1. The van der Waals surface area contributed by atoms with Crippen molar-refractivity contribution < 1.29 is 17.9 Å². The Labute approximate surface area is 193 Å². The van der Waals surface area contributed by atoms with Crippen LogP contribution in [0.25, 0.3) is 0 Å². The third kappa shape index (κ3) is 6.71. The van der Waals surface area contributed by atoms with Crippen LogP contribution in [0, 0.1) is 23.2 Å². The van der Waals surface area contributed by atoms with Gasteiger partial charge in [-0.1, -0.05) is 24.6 Å². The van der Waals surface area contributed by atoms with Crippen LogP contribution in [0.4, 0.5) is 0 Å². The van der Waals surface area contributed by atoms with Gasteiger partial charge in [0.2, 0.25) is 5.91 Å². The van der Waals surface area contributed by atoms with Gasteiger partial charge in [0.15, 0.2) is 9.84 Å². The number of hydrogen-bond acceptors (Lipinski definition) is 7. The van der Waals surface area contributed by atoms with Gasteiger partial charge in [-0.25, -0.2) is 8.42 Å². The van der Waals surface area contributed by atoms with Crippen LogP contribution in [0.2, 0.25) is 0 Å². The minimum absolute atomic E-state index is 0.0587. The standard InChI is InChI=1S/C23H27N3O4S2/c1-17(30-19-6-4-13-25-15-19)31-20-8-10-21(11-9-20)32(28,29)16-18-5-2-3-7-22(18)23(27)26-14-12-24/h4,6,8-11,13,15,17-18,22H,2-3,5,7,14,16H2,1H3,(H,26,27). The summed E-state index contributed by atoms with van der Waals surface area (Å²) in [6, 6.07) is 12.3. The van der Waals surface area contributed by atoms with Crippen LogP contribution < -0.4 is 10.1 Å². The Morgan fingerprint density at radius 3 is 2.72 bits per heavy atom. The Morgan fingerprint density at radius 1 is 1.28 bits per heavy atom. The molecule has 32 heavy (non-hydrogen) atoms. The van der Waals surface area contributed by atoms with E-state index in [-0.39, 0.29) is 40.4 Å². The summed E-state index contributed by atoms with van der Waals surface area (Å²) in [6.07, 6.45) is 6.48. The number of nitrogens with one attached hydrogen (secondary N) is 1. The molecule has 1 heterocycles. The van der Waals surface area contributed by atoms with E-state index in [9.17, 15) is 13.2 Å². The van der Waals surface area contributed by atoms with Crippen molar-refractivity contribution in [1.82, 2.24) is 10.3 Å². The van der Waals surface area contributed by atoms with Crippen LogP contribution in [0.15, 0.2) is 58.6 Å². The number of thioether (sulfide) groups is 1. The van der Waals surface area contributed by atoms with E-state index in [1.165, 1.54) is 11.8 Å². The topological polar surface area (TPSA) is 109 Å². The second-order valence-corrected chi connectivity index (χ2v) is 11.2. The van der Waals surface area contributed by atoms with Crippen molar-refractivity contribution >= 4 is 27.5 Å². The van der Waals surface area contributed by atoms with E-state index < -0.39 is 9.84 Å². The molecule has 0 aliphatic heterocycles. The van der Waals surface area contributed by atoms with Gasteiger partial charge in [-0.15, -0.1) is 0 Å². The monoisotopic (exact) mass is 473 g/mol. The number of rotatable bonds is 9. The highest BCUT2D eigenvalue weighted by molar-refractivity contribution is 7.99. The Kier molecular flexibility index (Phi) is 8.53. The number of amides is 1. The quantitative estimate of drug-likeness (QED) is 0.335. The fourth-order valence-electron chi connectivity index (χ4n) is 3.94. The summed E-state index contributed by atoms with van der Waals surface area (Å²) >= 11 is 1.48. The minimum Gasteiger partial charge on any atom is -0.478 e. The lowest BCUT2D eigenvalue weighted by Crippen LogP contribution is -2.39. The summed E-state index contributed by atoms with van der Waals surface area (Å²) < 4.78 is 31.9. The zero-order chi connectivity index (χ0) is 23.0. The summed E-state index contributed by atoms with van der Waals surface area (Å²) in [4.78, 5) is 17.6. The highest BCUT2D eigenvalue weighted by Gasteiger charge is 2.34. The molecule has 0 radical (unpaired) electrons. The van der Waals surface area contributed by atoms with Crippen molar-refractivity contribution in [3.63, 3.8) is 0 Å². The Morgan fingerprint density at radius 2 is 2.03 bits per heavy atom.